The molecule has 0 aliphatic rings. The van der Waals surface area contributed by atoms with E-state index < -0.39 is 11.9 Å². The molecule has 0 spiro atoms. The van der Waals surface area contributed by atoms with Crippen molar-refractivity contribution in [2.45, 2.75) is 25.9 Å². The molecular weight excluding hydrogens is 302 g/mol. The summed E-state index contributed by atoms with van der Waals surface area (Å²) < 4.78 is 0. The monoisotopic (exact) mass is 325 g/mol. The second-order valence-electron chi connectivity index (χ2n) is 5.85. The summed E-state index contributed by atoms with van der Waals surface area (Å²) in [5.74, 6) is -0.659. The minimum absolute atomic E-state index is 0.110. The standard InChI is InChI=1S/C19H23N3O2/c1-14-7-9-16(10-8-14)18(21)19(24)22(12-11-17(20)23)13-15-5-3-2-4-6-15/h2-10,18H,11-13,21H2,1H3,(H2,20,23). The number of nitrogens with two attached hydrogens (primary N) is 2. The summed E-state index contributed by atoms with van der Waals surface area (Å²) in [4.78, 5) is 25.5. The molecule has 2 aromatic rings. The van der Waals surface area contributed by atoms with Gasteiger partial charge < -0.3 is 16.4 Å². The Morgan fingerprint density at radius 2 is 1.67 bits per heavy atom. The van der Waals surface area contributed by atoms with Gasteiger partial charge in [-0.15, -0.1) is 0 Å². The van der Waals surface area contributed by atoms with Crippen molar-refractivity contribution in [2.75, 3.05) is 6.54 Å². The van der Waals surface area contributed by atoms with E-state index >= 15 is 0 Å². The van der Waals surface area contributed by atoms with Crippen LogP contribution in [0.1, 0.15) is 29.2 Å². The quantitative estimate of drug-likeness (QED) is 0.815. The molecule has 5 heteroatoms. The van der Waals surface area contributed by atoms with Gasteiger partial charge in [0.2, 0.25) is 11.8 Å². The highest BCUT2D eigenvalue weighted by molar-refractivity contribution is 5.83. The van der Waals surface area contributed by atoms with Crippen LogP contribution in [0.5, 0.6) is 0 Å². The van der Waals surface area contributed by atoms with Gasteiger partial charge in [-0.1, -0.05) is 60.2 Å². The van der Waals surface area contributed by atoms with Crippen LogP contribution in [-0.2, 0) is 16.1 Å². The molecule has 0 saturated carbocycles. The van der Waals surface area contributed by atoms with Gasteiger partial charge >= 0.3 is 0 Å². The number of nitrogens with zero attached hydrogens (tertiary/aromatic N) is 1. The summed E-state index contributed by atoms with van der Waals surface area (Å²) in [5.41, 5.74) is 14.2. The number of carbonyl (C=O) groups excluding carboxylic acids is 2. The first-order valence-electron chi connectivity index (χ1n) is 7.90. The third kappa shape index (κ3) is 4.93. The molecule has 0 aromatic heterocycles. The van der Waals surface area contributed by atoms with Crippen molar-refractivity contribution < 1.29 is 9.59 Å². The lowest BCUT2D eigenvalue weighted by Crippen LogP contribution is -2.39. The molecule has 0 radical (unpaired) electrons. The molecule has 5 nitrogen and oxygen atoms in total. The average Bonchev–Trinajstić information content (AvgIpc) is 2.58. The molecule has 126 valence electrons. The number of primary amides is 1. The average molecular weight is 325 g/mol. The minimum atomic E-state index is -0.762. The molecule has 0 aliphatic carbocycles. The number of rotatable bonds is 7. The summed E-state index contributed by atoms with van der Waals surface area (Å²) >= 11 is 0. The number of hydrogen-bond donors (Lipinski definition) is 2. The van der Waals surface area contributed by atoms with Gasteiger partial charge in [0.1, 0.15) is 6.04 Å². The number of aryl methyl sites for hydroxylation is 1. The molecule has 0 saturated heterocycles. The molecule has 0 aliphatic heterocycles. The molecule has 0 bridgehead atoms. The van der Waals surface area contributed by atoms with Crippen molar-refractivity contribution in [3.63, 3.8) is 0 Å². The van der Waals surface area contributed by atoms with Crippen molar-refractivity contribution in [2.24, 2.45) is 11.5 Å². The summed E-state index contributed by atoms with van der Waals surface area (Å²) in [5, 5.41) is 0. The van der Waals surface area contributed by atoms with Gasteiger partial charge in [-0.2, -0.15) is 0 Å². The zero-order valence-electron chi connectivity index (χ0n) is 13.8. The van der Waals surface area contributed by atoms with E-state index in [1.807, 2.05) is 61.5 Å². The van der Waals surface area contributed by atoms with Crippen LogP contribution in [0.4, 0.5) is 0 Å². The molecule has 0 heterocycles. The van der Waals surface area contributed by atoms with Crippen molar-refractivity contribution in [3.05, 3.63) is 71.3 Å². The maximum absolute atomic E-state index is 12.8. The van der Waals surface area contributed by atoms with Gasteiger partial charge in [-0.05, 0) is 18.1 Å². The highest BCUT2D eigenvalue weighted by Crippen LogP contribution is 2.16. The summed E-state index contributed by atoms with van der Waals surface area (Å²) in [6.07, 6.45) is 0.110. The van der Waals surface area contributed by atoms with Crippen LogP contribution in [-0.4, -0.2) is 23.3 Å². The third-order valence-electron chi connectivity index (χ3n) is 3.86. The Labute approximate surface area is 142 Å². The van der Waals surface area contributed by atoms with E-state index in [0.29, 0.717) is 6.54 Å². The highest BCUT2D eigenvalue weighted by Gasteiger charge is 2.23. The molecule has 1 unspecified atom stereocenters. The Kier molecular flexibility index (Phi) is 6.09. The zero-order valence-corrected chi connectivity index (χ0v) is 13.8. The summed E-state index contributed by atoms with van der Waals surface area (Å²) in [6.45, 7) is 2.63. The Bertz CT molecular complexity index is 684. The first-order chi connectivity index (χ1) is 11.5. The van der Waals surface area contributed by atoms with E-state index in [-0.39, 0.29) is 18.9 Å². The number of amides is 2. The van der Waals surface area contributed by atoms with E-state index in [1.165, 1.54) is 0 Å². The lowest BCUT2D eigenvalue weighted by Gasteiger charge is -2.26. The van der Waals surface area contributed by atoms with Gasteiger partial charge in [0, 0.05) is 19.5 Å². The van der Waals surface area contributed by atoms with Crippen LogP contribution in [0, 0.1) is 6.92 Å². The molecule has 24 heavy (non-hydrogen) atoms. The van der Waals surface area contributed by atoms with Gasteiger partial charge in [-0.25, -0.2) is 0 Å². The minimum Gasteiger partial charge on any atom is -0.370 e. The number of carbonyl (C=O) groups is 2. The summed E-state index contributed by atoms with van der Waals surface area (Å²) in [7, 11) is 0. The second-order valence-corrected chi connectivity index (χ2v) is 5.85. The predicted molar refractivity (Wildman–Crippen MR) is 93.8 cm³/mol. The number of hydrogen-bond acceptors (Lipinski definition) is 3. The topological polar surface area (TPSA) is 89.4 Å². The van der Waals surface area contributed by atoms with Crippen LogP contribution in [0.15, 0.2) is 54.6 Å². The van der Waals surface area contributed by atoms with Gasteiger partial charge in [0.25, 0.3) is 0 Å². The molecular formula is C19H23N3O2. The SMILES string of the molecule is Cc1ccc(C(N)C(=O)N(CCC(N)=O)Cc2ccccc2)cc1. The number of benzene rings is 2. The summed E-state index contributed by atoms with van der Waals surface area (Å²) in [6, 6.07) is 16.4. The van der Waals surface area contributed by atoms with E-state index in [2.05, 4.69) is 0 Å². The van der Waals surface area contributed by atoms with E-state index in [0.717, 1.165) is 16.7 Å². The first kappa shape index (κ1) is 17.7. The van der Waals surface area contributed by atoms with Gasteiger partial charge in [0.15, 0.2) is 0 Å². The van der Waals surface area contributed by atoms with Gasteiger partial charge in [0.05, 0.1) is 0 Å². The van der Waals surface area contributed by atoms with Crippen LogP contribution >= 0.6 is 0 Å². The van der Waals surface area contributed by atoms with Crippen LogP contribution in [0.25, 0.3) is 0 Å². The second kappa shape index (κ2) is 8.26. The van der Waals surface area contributed by atoms with Crippen molar-refractivity contribution in [1.82, 2.24) is 4.90 Å². The fourth-order valence-corrected chi connectivity index (χ4v) is 2.43. The van der Waals surface area contributed by atoms with Crippen molar-refractivity contribution in [1.29, 1.82) is 0 Å². The lowest BCUT2D eigenvalue weighted by molar-refractivity contribution is -0.133. The lowest BCUT2D eigenvalue weighted by atomic mass is 10.0. The maximum Gasteiger partial charge on any atom is 0.244 e. The van der Waals surface area contributed by atoms with E-state index in [4.69, 9.17) is 11.5 Å². The fourth-order valence-electron chi connectivity index (χ4n) is 2.43. The van der Waals surface area contributed by atoms with Gasteiger partial charge in [-0.3, -0.25) is 9.59 Å². The van der Waals surface area contributed by atoms with Crippen molar-refractivity contribution >= 4 is 11.8 Å². The molecule has 4 N–H and O–H groups in total. The molecule has 2 amide bonds. The molecule has 1 atom stereocenters. The smallest absolute Gasteiger partial charge is 0.244 e. The Hall–Kier alpha value is -2.66. The maximum atomic E-state index is 12.8. The molecule has 2 rings (SSSR count). The Morgan fingerprint density at radius 1 is 1.04 bits per heavy atom. The van der Waals surface area contributed by atoms with Crippen LogP contribution in [0.2, 0.25) is 0 Å². The predicted octanol–water partition coefficient (Wildman–Crippen LogP) is 1.90. The molecule has 2 aromatic carbocycles. The Morgan fingerprint density at radius 3 is 2.25 bits per heavy atom. The normalized spacial score (nSPS) is 11.8. The third-order valence-corrected chi connectivity index (χ3v) is 3.86. The van der Waals surface area contributed by atoms with E-state index in [9.17, 15) is 9.59 Å². The molecule has 0 fully saturated rings. The van der Waals surface area contributed by atoms with Crippen LogP contribution < -0.4 is 11.5 Å². The largest absolute Gasteiger partial charge is 0.370 e. The zero-order chi connectivity index (χ0) is 17.5. The van der Waals surface area contributed by atoms with Crippen LogP contribution in [0.3, 0.4) is 0 Å². The van der Waals surface area contributed by atoms with Crippen molar-refractivity contribution in [3.8, 4) is 0 Å². The highest BCUT2D eigenvalue weighted by atomic mass is 16.2. The van der Waals surface area contributed by atoms with E-state index in [1.54, 1.807) is 4.90 Å². The fraction of sp³-hybridized carbons (Fsp3) is 0.263. The first-order valence-corrected chi connectivity index (χ1v) is 7.90. The Balaban J connectivity index is 2.16.